The summed E-state index contributed by atoms with van der Waals surface area (Å²) in [5, 5.41) is 3.74. The normalized spacial score (nSPS) is 15.6. The summed E-state index contributed by atoms with van der Waals surface area (Å²) in [6.07, 6.45) is 11.6. The molecule has 5 nitrogen and oxygen atoms in total. The largest absolute Gasteiger partial charge is 0.480 e. The van der Waals surface area contributed by atoms with Gasteiger partial charge in [-0.15, -0.1) is 17.8 Å². The lowest BCUT2D eigenvalue weighted by Crippen LogP contribution is -2.28. The summed E-state index contributed by atoms with van der Waals surface area (Å²) >= 11 is 1.62. The highest BCUT2D eigenvalue weighted by Gasteiger charge is 2.33. The second-order valence-corrected chi connectivity index (χ2v) is 10.6. The predicted molar refractivity (Wildman–Crippen MR) is 137 cm³/mol. The van der Waals surface area contributed by atoms with Crippen LogP contribution in [0.15, 0.2) is 52.1 Å². The fourth-order valence-electron chi connectivity index (χ4n) is 4.27. The average molecular weight is 475 g/mol. The van der Waals surface area contributed by atoms with Crippen molar-refractivity contribution in [2.75, 3.05) is 6.61 Å². The number of fused-ring (bicyclic) bond motifs is 1. The first kappa shape index (κ1) is 23.8. The molecular formula is C28H30N2O3S. The van der Waals surface area contributed by atoms with Crippen LogP contribution in [0.25, 0.3) is 0 Å². The van der Waals surface area contributed by atoms with Crippen molar-refractivity contribution in [3.8, 4) is 18.1 Å². The molecule has 0 saturated carbocycles. The second kappa shape index (κ2) is 10.3. The Bertz CT molecular complexity index is 1210. The predicted octanol–water partition coefficient (Wildman–Crippen LogP) is 6.18. The number of benzene rings is 1. The first-order valence-electron chi connectivity index (χ1n) is 11.5. The molecule has 0 bridgehead atoms. The van der Waals surface area contributed by atoms with E-state index in [0.717, 1.165) is 41.2 Å². The molecule has 0 aliphatic heterocycles. The highest BCUT2D eigenvalue weighted by atomic mass is 32.1. The Morgan fingerprint density at radius 3 is 2.88 bits per heavy atom. The van der Waals surface area contributed by atoms with Crippen LogP contribution in [0, 0.1) is 23.7 Å². The number of furan rings is 1. The molecular weight excluding hydrogens is 444 g/mol. The van der Waals surface area contributed by atoms with Gasteiger partial charge in [0.1, 0.15) is 23.1 Å². The molecule has 1 aliphatic rings. The zero-order valence-corrected chi connectivity index (χ0v) is 20.7. The Morgan fingerprint density at radius 2 is 2.15 bits per heavy atom. The standard InChI is InChI=1S/C28H30N2O3S/c1-5-14-33-23-11-7-6-9-19(23)17-30-27-25(26(31)29-18-21-10-8-15-32-21)22-13-12-20(28(2,3)4)16-24(22)34-27/h1,6-11,15,17,20H,12-14,16,18H2,2-4H3,(H,29,31)/t20-/m0/s1. The lowest BCUT2D eigenvalue weighted by atomic mass is 9.72. The minimum Gasteiger partial charge on any atom is -0.480 e. The smallest absolute Gasteiger partial charge is 0.255 e. The van der Waals surface area contributed by atoms with E-state index in [2.05, 4.69) is 32.0 Å². The molecule has 6 heteroatoms. The van der Waals surface area contributed by atoms with Gasteiger partial charge >= 0.3 is 0 Å². The number of hydrogen-bond acceptors (Lipinski definition) is 5. The minimum atomic E-state index is -0.118. The van der Waals surface area contributed by atoms with Gasteiger partial charge in [-0.3, -0.25) is 4.79 Å². The first-order valence-corrected chi connectivity index (χ1v) is 12.3. The van der Waals surface area contributed by atoms with Crippen LogP contribution in [-0.2, 0) is 19.4 Å². The van der Waals surface area contributed by atoms with E-state index in [4.69, 9.17) is 20.6 Å². The third kappa shape index (κ3) is 5.43. The van der Waals surface area contributed by atoms with Gasteiger partial charge in [0.25, 0.3) is 5.91 Å². The number of carbonyl (C=O) groups is 1. The van der Waals surface area contributed by atoms with Gasteiger partial charge in [-0.05, 0) is 60.4 Å². The van der Waals surface area contributed by atoms with Gasteiger partial charge in [0.2, 0.25) is 0 Å². The molecule has 0 radical (unpaired) electrons. The number of thiophene rings is 1. The van der Waals surface area contributed by atoms with Crippen molar-refractivity contribution < 1.29 is 13.9 Å². The molecule has 176 valence electrons. The van der Waals surface area contributed by atoms with Gasteiger partial charge < -0.3 is 14.5 Å². The van der Waals surface area contributed by atoms with Crippen LogP contribution in [0.1, 0.15) is 59.3 Å². The molecule has 1 N–H and O–H groups in total. The van der Waals surface area contributed by atoms with Crippen LogP contribution in [0.3, 0.4) is 0 Å². The third-order valence-corrected chi connectivity index (χ3v) is 7.42. The third-order valence-electron chi connectivity index (χ3n) is 6.25. The summed E-state index contributed by atoms with van der Waals surface area (Å²) in [7, 11) is 0. The number of amides is 1. The highest BCUT2D eigenvalue weighted by molar-refractivity contribution is 7.16. The van der Waals surface area contributed by atoms with Crippen molar-refractivity contribution in [3.63, 3.8) is 0 Å². The molecule has 1 amide bonds. The minimum absolute atomic E-state index is 0.118. The highest BCUT2D eigenvalue weighted by Crippen LogP contribution is 2.45. The average Bonchev–Trinajstić information content (AvgIpc) is 3.47. The van der Waals surface area contributed by atoms with E-state index < -0.39 is 0 Å². The number of para-hydroxylation sites is 1. The number of carbonyl (C=O) groups excluding carboxylic acids is 1. The van der Waals surface area contributed by atoms with Crippen LogP contribution >= 0.6 is 11.3 Å². The van der Waals surface area contributed by atoms with Gasteiger partial charge in [0.05, 0.1) is 18.4 Å². The van der Waals surface area contributed by atoms with Crippen LogP contribution in [0.4, 0.5) is 5.00 Å². The van der Waals surface area contributed by atoms with Crippen LogP contribution in [-0.4, -0.2) is 18.7 Å². The van der Waals surface area contributed by atoms with E-state index in [1.165, 1.54) is 4.88 Å². The van der Waals surface area contributed by atoms with Gasteiger partial charge in [-0.1, -0.05) is 38.8 Å². The molecule has 1 atom stereocenters. The number of nitrogens with zero attached hydrogens (tertiary/aromatic N) is 1. The lowest BCUT2D eigenvalue weighted by molar-refractivity contribution is 0.0947. The van der Waals surface area contributed by atoms with E-state index in [9.17, 15) is 4.79 Å². The molecule has 1 aliphatic carbocycles. The molecule has 0 saturated heterocycles. The monoisotopic (exact) mass is 474 g/mol. The van der Waals surface area contributed by atoms with Crippen LogP contribution < -0.4 is 10.1 Å². The Balaban J connectivity index is 1.66. The van der Waals surface area contributed by atoms with Crippen molar-refractivity contribution in [3.05, 3.63) is 70.0 Å². The van der Waals surface area contributed by atoms with Crippen molar-refractivity contribution in [1.29, 1.82) is 0 Å². The van der Waals surface area contributed by atoms with E-state index in [0.29, 0.717) is 23.8 Å². The number of nitrogens with one attached hydrogen (secondary N) is 1. The van der Waals surface area contributed by atoms with E-state index in [1.807, 2.05) is 36.4 Å². The van der Waals surface area contributed by atoms with E-state index >= 15 is 0 Å². The molecule has 3 aromatic rings. The molecule has 0 spiro atoms. The summed E-state index contributed by atoms with van der Waals surface area (Å²) in [5.41, 5.74) is 2.85. The maximum absolute atomic E-state index is 13.3. The van der Waals surface area contributed by atoms with Gasteiger partial charge in [-0.25, -0.2) is 4.99 Å². The number of hydrogen-bond donors (Lipinski definition) is 1. The molecule has 0 unspecified atom stereocenters. The molecule has 2 aromatic heterocycles. The molecule has 1 aromatic carbocycles. The summed E-state index contributed by atoms with van der Waals surface area (Å²) in [5.74, 6) is 4.33. The maximum atomic E-state index is 13.3. The van der Waals surface area contributed by atoms with Gasteiger partial charge in [0.15, 0.2) is 0 Å². The summed E-state index contributed by atoms with van der Waals surface area (Å²) in [6.45, 7) is 7.40. The Labute approximate surface area is 205 Å². The maximum Gasteiger partial charge on any atom is 0.255 e. The quantitative estimate of drug-likeness (QED) is 0.328. The second-order valence-electron chi connectivity index (χ2n) is 9.54. The summed E-state index contributed by atoms with van der Waals surface area (Å²) in [6, 6.07) is 11.3. The Morgan fingerprint density at radius 1 is 1.32 bits per heavy atom. The summed E-state index contributed by atoms with van der Waals surface area (Å²) < 4.78 is 11.0. The number of rotatable bonds is 7. The van der Waals surface area contributed by atoms with Crippen LogP contribution in [0.5, 0.6) is 5.75 Å². The fraction of sp³-hybridized carbons (Fsp3) is 0.357. The van der Waals surface area contributed by atoms with Gasteiger partial charge in [0, 0.05) is 16.7 Å². The molecule has 2 heterocycles. The fourth-order valence-corrected chi connectivity index (χ4v) is 5.54. The zero-order chi connectivity index (χ0) is 24.1. The summed E-state index contributed by atoms with van der Waals surface area (Å²) in [4.78, 5) is 19.4. The van der Waals surface area contributed by atoms with Crippen LogP contribution in [0.2, 0.25) is 0 Å². The van der Waals surface area contributed by atoms with Crippen molar-refractivity contribution in [2.45, 2.75) is 46.6 Å². The van der Waals surface area contributed by atoms with Gasteiger partial charge in [-0.2, -0.15) is 0 Å². The van der Waals surface area contributed by atoms with Crippen molar-refractivity contribution >= 4 is 28.5 Å². The topological polar surface area (TPSA) is 63.8 Å². The van der Waals surface area contributed by atoms with Crippen molar-refractivity contribution in [1.82, 2.24) is 5.32 Å². The van der Waals surface area contributed by atoms with E-state index in [-0.39, 0.29) is 17.9 Å². The van der Waals surface area contributed by atoms with Crippen molar-refractivity contribution in [2.24, 2.45) is 16.3 Å². The number of aliphatic imine (C=N–C) groups is 1. The Hall–Kier alpha value is -3.30. The first-order chi connectivity index (χ1) is 16.4. The molecule has 34 heavy (non-hydrogen) atoms. The zero-order valence-electron chi connectivity index (χ0n) is 19.9. The van der Waals surface area contributed by atoms with E-state index in [1.54, 1.807) is 23.8 Å². The SMILES string of the molecule is C#CCOc1ccccc1C=Nc1sc2c(c1C(=O)NCc1ccco1)CC[C@H](C(C)(C)C)C2. The molecule has 0 fully saturated rings. The molecule has 4 rings (SSSR count). The lowest BCUT2D eigenvalue weighted by Gasteiger charge is -2.33. The Kier molecular flexibility index (Phi) is 7.23. The number of terminal acetylenes is 1. The number of ether oxygens (including phenoxy) is 1.